The van der Waals surface area contributed by atoms with Gasteiger partial charge >= 0.3 is 5.97 Å². The molecule has 191 valence electrons. The van der Waals surface area contributed by atoms with Crippen LogP contribution in [0.5, 0.6) is 5.75 Å². The van der Waals surface area contributed by atoms with Crippen molar-refractivity contribution in [1.82, 2.24) is 0 Å². The minimum atomic E-state index is -4.40. The number of anilines is 2. The molecule has 1 aliphatic rings. The number of carbonyl (C=O) groups is 2. The number of phenols is 1. The van der Waals surface area contributed by atoms with Crippen molar-refractivity contribution >= 4 is 97.4 Å². The van der Waals surface area contributed by atoms with Crippen molar-refractivity contribution in [1.29, 1.82) is 0 Å². The van der Waals surface area contributed by atoms with Crippen molar-refractivity contribution in [2.24, 2.45) is 15.3 Å². The molecule has 1 amide bonds. The molecule has 1 atom stereocenters. The molecule has 38 heavy (non-hydrogen) atoms. The van der Waals surface area contributed by atoms with Gasteiger partial charge in [-0.15, -0.1) is 0 Å². The van der Waals surface area contributed by atoms with Crippen LogP contribution in [-0.4, -0.2) is 71.8 Å². The predicted octanol–water partition coefficient (Wildman–Crippen LogP) is 4.69. The Kier molecular flexibility index (Phi) is 9.18. The van der Waals surface area contributed by atoms with E-state index < -0.39 is 38.6 Å². The number of nitrogens with zero attached hydrogens (tertiary/aromatic N) is 4. The Hall–Kier alpha value is -3.00. The smallest absolute Gasteiger partial charge is 0.337 e. The maximum absolute atomic E-state index is 12.9. The first-order valence-corrected chi connectivity index (χ1v) is 12.6. The molecule has 3 aromatic rings. The van der Waals surface area contributed by atoms with Gasteiger partial charge in [0, 0.05) is 40.6 Å². The summed E-state index contributed by atoms with van der Waals surface area (Å²) in [4.78, 5) is 23.7. The van der Waals surface area contributed by atoms with Crippen LogP contribution in [0, 0.1) is 0 Å². The average Bonchev–Trinajstić information content (AvgIpc) is 3.12. The fourth-order valence-electron chi connectivity index (χ4n) is 3.38. The first-order chi connectivity index (χ1) is 17.5. The van der Waals surface area contributed by atoms with Gasteiger partial charge in [0.2, 0.25) is 0 Å². The molecule has 4 rings (SSSR count). The summed E-state index contributed by atoms with van der Waals surface area (Å²) >= 11 is 12.2. The van der Waals surface area contributed by atoms with E-state index in [0.717, 1.165) is 17.1 Å². The number of phenolic OH excluding ortho intramolecular Hbond substituents is 1. The summed E-state index contributed by atoms with van der Waals surface area (Å²) in [6.45, 7) is 1.58. The molecule has 3 aromatic carbocycles. The van der Waals surface area contributed by atoms with Crippen LogP contribution < -0.4 is 9.73 Å². The van der Waals surface area contributed by atoms with Crippen molar-refractivity contribution in [3.05, 3.63) is 76.3 Å². The second kappa shape index (κ2) is 11.8. The molecule has 11 nitrogen and oxygen atoms in total. The third-order valence-corrected chi connectivity index (χ3v) is 7.22. The minimum absolute atomic E-state index is 0. The molecule has 0 fully saturated rings. The number of aromatic carboxylic acids is 1. The summed E-state index contributed by atoms with van der Waals surface area (Å²) in [7, 11) is -4.40. The van der Waals surface area contributed by atoms with Crippen LogP contribution in [0.3, 0.4) is 0 Å². The van der Waals surface area contributed by atoms with Crippen LogP contribution in [0.15, 0.2) is 80.9 Å². The zero-order valence-electron chi connectivity index (χ0n) is 19.8. The maximum atomic E-state index is 12.9. The second-order valence-electron chi connectivity index (χ2n) is 7.72. The quantitative estimate of drug-likeness (QED) is 0.269. The van der Waals surface area contributed by atoms with Gasteiger partial charge in [-0.25, -0.2) is 13.2 Å². The number of aromatic hydroxyl groups is 1. The average molecular weight is 585 g/mol. The molecule has 0 spiro atoms. The standard InChI is InChI=1S/C23H17Cl2N5O6S.Na/c1-12-21(22(32)30(28-12)14-6-4-5-13(24)9-14)27-26-18-10-16(25)20(11-19(18)31)37(35,36)29-17-8-3-2-7-15(17)23(33)34;/h2-11,21,29,31H,1H3,(H,33,34);. The largest absolute Gasteiger partial charge is 0.506 e. The van der Waals surface area contributed by atoms with Crippen molar-refractivity contribution < 1.29 is 28.2 Å². The molecule has 1 unspecified atom stereocenters. The van der Waals surface area contributed by atoms with Crippen molar-refractivity contribution in [2.45, 2.75) is 17.9 Å². The Labute approximate surface area is 249 Å². The molecule has 1 heterocycles. The van der Waals surface area contributed by atoms with Crippen molar-refractivity contribution in [2.75, 3.05) is 9.73 Å². The second-order valence-corrected chi connectivity index (χ2v) is 10.2. The van der Waals surface area contributed by atoms with Crippen LogP contribution in [0.1, 0.15) is 17.3 Å². The normalized spacial score (nSPS) is 15.3. The Morgan fingerprint density at radius 2 is 1.82 bits per heavy atom. The SMILES string of the molecule is CC1=NN(c2cccc(Cl)c2)C(=O)C1N=Nc1cc(Cl)c(S(=O)(=O)Nc2ccccc2C(=O)O)cc1O.[Na]. The maximum Gasteiger partial charge on any atom is 0.337 e. The summed E-state index contributed by atoms with van der Waals surface area (Å²) in [5.74, 6) is -2.43. The van der Waals surface area contributed by atoms with Crippen LogP contribution in [0.4, 0.5) is 17.1 Å². The number of carbonyl (C=O) groups excluding carboxylic acids is 1. The molecule has 0 aliphatic carbocycles. The summed E-state index contributed by atoms with van der Waals surface area (Å²) in [6, 6.07) is 12.7. The molecule has 0 aromatic heterocycles. The van der Waals surface area contributed by atoms with Crippen LogP contribution in [-0.2, 0) is 14.8 Å². The molecule has 1 radical (unpaired) electrons. The van der Waals surface area contributed by atoms with Crippen LogP contribution >= 0.6 is 23.2 Å². The number of carboxylic acids is 1. The van der Waals surface area contributed by atoms with E-state index in [-0.39, 0.29) is 51.5 Å². The molecular weight excluding hydrogens is 568 g/mol. The number of nitrogens with one attached hydrogen (secondary N) is 1. The number of hydrogen-bond donors (Lipinski definition) is 3. The van der Waals surface area contributed by atoms with Crippen LogP contribution in [0.2, 0.25) is 10.0 Å². The summed E-state index contributed by atoms with van der Waals surface area (Å²) in [6.07, 6.45) is 0. The molecule has 0 saturated heterocycles. The number of para-hydroxylation sites is 1. The van der Waals surface area contributed by atoms with E-state index in [1.807, 2.05) is 0 Å². The summed E-state index contributed by atoms with van der Waals surface area (Å²) < 4.78 is 27.9. The fourth-order valence-corrected chi connectivity index (χ4v) is 5.19. The van der Waals surface area contributed by atoms with Crippen molar-refractivity contribution in [3.8, 4) is 5.75 Å². The van der Waals surface area contributed by atoms with Gasteiger partial charge in [-0.05, 0) is 43.3 Å². The van der Waals surface area contributed by atoms with E-state index in [9.17, 15) is 28.2 Å². The first-order valence-electron chi connectivity index (χ1n) is 10.4. The van der Waals surface area contributed by atoms with Gasteiger partial charge in [0.25, 0.3) is 15.9 Å². The number of halogens is 2. The number of hydrogen-bond acceptors (Lipinski definition) is 8. The minimum Gasteiger partial charge on any atom is -0.506 e. The van der Waals surface area contributed by atoms with E-state index >= 15 is 0 Å². The molecular formula is C23H17Cl2N5NaO6S. The molecule has 0 saturated carbocycles. The molecule has 0 bridgehead atoms. The fraction of sp³-hybridized carbons (Fsp3) is 0.0870. The monoisotopic (exact) mass is 584 g/mol. The number of benzene rings is 3. The summed E-state index contributed by atoms with van der Waals surface area (Å²) in [5.41, 5.74) is 0.110. The zero-order valence-corrected chi connectivity index (χ0v) is 24.2. The Balaban J connectivity index is 0.00000400. The number of rotatable bonds is 7. The predicted molar refractivity (Wildman–Crippen MR) is 143 cm³/mol. The van der Waals surface area contributed by atoms with Gasteiger partial charge in [0.05, 0.1) is 27.7 Å². The molecule has 15 heteroatoms. The number of hydrazone groups is 1. The topological polar surface area (TPSA) is 161 Å². The van der Waals surface area contributed by atoms with Gasteiger partial charge in [-0.3, -0.25) is 9.52 Å². The Morgan fingerprint density at radius 3 is 2.50 bits per heavy atom. The zero-order chi connectivity index (χ0) is 26.9. The number of sulfonamides is 1. The third-order valence-electron chi connectivity index (χ3n) is 5.15. The number of carboxylic acid groups (broad SMARTS) is 1. The van der Waals surface area contributed by atoms with E-state index in [1.54, 1.807) is 31.2 Å². The van der Waals surface area contributed by atoms with Gasteiger partial charge < -0.3 is 10.2 Å². The van der Waals surface area contributed by atoms with Gasteiger partial charge in [-0.1, -0.05) is 41.4 Å². The van der Waals surface area contributed by atoms with Gasteiger partial charge in [0.1, 0.15) is 16.3 Å². The first kappa shape index (κ1) is 29.6. The van der Waals surface area contributed by atoms with E-state index in [2.05, 4.69) is 20.1 Å². The van der Waals surface area contributed by atoms with Crippen molar-refractivity contribution in [3.63, 3.8) is 0 Å². The Bertz CT molecular complexity index is 1600. The number of amides is 1. The summed E-state index contributed by atoms with van der Waals surface area (Å²) in [5, 5.41) is 33.0. The van der Waals surface area contributed by atoms with Gasteiger partial charge in [-0.2, -0.15) is 20.3 Å². The molecule has 1 aliphatic heterocycles. The van der Waals surface area contributed by atoms with E-state index in [1.165, 1.54) is 24.3 Å². The molecule has 3 N–H and O–H groups in total. The van der Waals surface area contributed by atoms with Gasteiger partial charge in [0.15, 0.2) is 6.04 Å². The Morgan fingerprint density at radius 1 is 1.11 bits per heavy atom. The third kappa shape index (κ3) is 6.17. The van der Waals surface area contributed by atoms with E-state index in [0.29, 0.717) is 16.4 Å². The number of azo groups is 1. The van der Waals surface area contributed by atoms with Crippen LogP contribution in [0.25, 0.3) is 0 Å². The van der Waals surface area contributed by atoms with E-state index in [4.69, 9.17) is 23.2 Å².